The van der Waals surface area contributed by atoms with Gasteiger partial charge in [0, 0.05) is 18.7 Å². The van der Waals surface area contributed by atoms with Gasteiger partial charge in [-0.1, -0.05) is 39.0 Å². The zero-order chi connectivity index (χ0) is 14.5. The predicted molar refractivity (Wildman–Crippen MR) is 73.2 cm³/mol. The molecular formula is C15H23F2NO. The molecule has 19 heavy (non-hydrogen) atoms. The Labute approximate surface area is 113 Å². The largest absolute Gasteiger partial charge is 0.392 e. The molecule has 4 heteroatoms. The number of aliphatic hydroxyl groups is 1. The molecule has 0 aliphatic carbocycles. The molecule has 1 rings (SSSR count). The first-order valence-corrected chi connectivity index (χ1v) is 6.54. The van der Waals surface area contributed by atoms with Gasteiger partial charge in [-0.2, -0.15) is 0 Å². The number of hydrogen-bond acceptors (Lipinski definition) is 2. The van der Waals surface area contributed by atoms with E-state index in [2.05, 4.69) is 26.1 Å². The molecule has 0 heterocycles. The SMILES string of the molecule is CC(C)(C)CC(O)CNCc1cccc(C(F)F)c1. The van der Waals surface area contributed by atoms with Gasteiger partial charge >= 0.3 is 0 Å². The molecule has 0 radical (unpaired) electrons. The van der Waals surface area contributed by atoms with Gasteiger partial charge in [0.05, 0.1) is 6.10 Å². The maximum Gasteiger partial charge on any atom is 0.263 e. The molecule has 0 spiro atoms. The van der Waals surface area contributed by atoms with Crippen LogP contribution in [0.1, 0.15) is 44.7 Å². The molecular weight excluding hydrogens is 248 g/mol. The van der Waals surface area contributed by atoms with Crippen LogP contribution in [0.4, 0.5) is 8.78 Å². The molecule has 0 fully saturated rings. The standard InChI is InChI=1S/C15H23F2NO/c1-15(2,3)8-13(19)10-18-9-11-5-4-6-12(7-11)14(16)17/h4-7,13-14,18-19H,8-10H2,1-3H3. The van der Waals surface area contributed by atoms with Crippen LogP contribution in [0.15, 0.2) is 24.3 Å². The average Bonchev–Trinajstić information content (AvgIpc) is 2.27. The summed E-state index contributed by atoms with van der Waals surface area (Å²) in [5.41, 5.74) is 0.923. The highest BCUT2D eigenvalue weighted by Gasteiger charge is 2.16. The van der Waals surface area contributed by atoms with E-state index in [1.54, 1.807) is 12.1 Å². The van der Waals surface area contributed by atoms with Crippen molar-refractivity contribution in [2.24, 2.45) is 5.41 Å². The summed E-state index contributed by atoms with van der Waals surface area (Å²) in [5.74, 6) is 0. The third kappa shape index (κ3) is 6.64. The summed E-state index contributed by atoms with van der Waals surface area (Å²) in [4.78, 5) is 0. The first kappa shape index (κ1) is 16.1. The summed E-state index contributed by atoms with van der Waals surface area (Å²) in [6.45, 7) is 7.17. The Balaban J connectivity index is 2.39. The number of halogens is 2. The average molecular weight is 271 g/mol. The Bertz CT molecular complexity index is 388. The fourth-order valence-electron chi connectivity index (χ4n) is 2.00. The van der Waals surface area contributed by atoms with Gasteiger partial charge in [-0.15, -0.1) is 0 Å². The normalized spacial score (nSPS) is 13.8. The number of alkyl halides is 2. The molecule has 0 aliphatic rings. The van der Waals surface area contributed by atoms with Crippen LogP contribution in [0.3, 0.4) is 0 Å². The molecule has 0 bridgehead atoms. The van der Waals surface area contributed by atoms with Gasteiger partial charge in [0.15, 0.2) is 0 Å². The van der Waals surface area contributed by atoms with Gasteiger partial charge in [-0.3, -0.25) is 0 Å². The molecule has 0 saturated heterocycles. The topological polar surface area (TPSA) is 32.3 Å². The highest BCUT2D eigenvalue weighted by Crippen LogP contribution is 2.21. The summed E-state index contributed by atoms with van der Waals surface area (Å²) >= 11 is 0. The highest BCUT2D eigenvalue weighted by molar-refractivity contribution is 5.24. The molecule has 1 unspecified atom stereocenters. The molecule has 0 aromatic heterocycles. The molecule has 2 nitrogen and oxygen atoms in total. The lowest BCUT2D eigenvalue weighted by Gasteiger charge is -2.22. The first-order valence-electron chi connectivity index (χ1n) is 6.54. The minimum Gasteiger partial charge on any atom is -0.392 e. The zero-order valence-electron chi connectivity index (χ0n) is 11.8. The first-order chi connectivity index (χ1) is 8.78. The van der Waals surface area contributed by atoms with Gasteiger partial charge < -0.3 is 10.4 Å². The van der Waals surface area contributed by atoms with Crippen LogP contribution >= 0.6 is 0 Å². The van der Waals surface area contributed by atoms with Crippen molar-refractivity contribution >= 4 is 0 Å². The molecule has 1 aromatic carbocycles. The van der Waals surface area contributed by atoms with Crippen molar-refractivity contribution < 1.29 is 13.9 Å². The van der Waals surface area contributed by atoms with E-state index < -0.39 is 12.5 Å². The lowest BCUT2D eigenvalue weighted by molar-refractivity contribution is 0.119. The Morgan fingerprint density at radius 1 is 1.26 bits per heavy atom. The van der Waals surface area contributed by atoms with E-state index in [1.165, 1.54) is 12.1 Å². The minimum absolute atomic E-state index is 0.0366. The minimum atomic E-state index is -2.44. The van der Waals surface area contributed by atoms with Crippen LogP contribution in [-0.4, -0.2) is 17.8 Å². The van der Waals surface area contributed by atoms with E-state index in [0.29, 0.717) is 19.5 Å². The number of benzene rings is 1. The zero-order valence-corrected chi connectivity index (χ0v) is 11.8. The third-order valence-electron chi connectivity index (χ3n) is 2.76. The van der Waals surface area contributed by atoms with Crippen LogP contribution in [0.2, 0.25) is 0 Å². The van der Waals surface area contributed by atoms with Gasteiger partial charge in [0.25, 0.3) is 6.43 Å². The Morgan fingerprint density at radius 3 is 2.53 bits per heavy atom. The van der Waals surface area contributed by atoms with Gasteiger partial charge in [-0.25, -0.2) is 8.78 Å². The maximum atomic E-state index is 12.5. The van der Waals surface area contributed by atoms with Crippen LogP contribution in [0, 0.1) is 5.41 Å². The van der Waals surface area contributed by atoms with Crippen molar-refractivity contribution in [2.75, 3.05) is 6.54 Å². The Hall–Kier alpha value is -1.00. The number of nitrogens with one attached hydrogen (secondary N) is 1. The summed E-state index contributed by atoms with van der Waals surface area (Å²) in [7, 11) is 0. The van der Waals surface area contributed by atoms with Crippen LogP contribution in [0.25, 0.3) is 0 Å². The van der Waals surface area contributed by atoms with E-state index in [4.69, 9.17) is 0 Å². The Kier molecular flexibility index (Phi) is 5.88. The van der Waals surface area contributed by atoms with Gasteiger partial charge in [-0.05, 0) is 23.5 Å². The summed E-state index contributed by atoms with van der Waals surface area (Å²) < 4.78 is 25.0. The monoisotopic (exact) mass is 271 g/mol. The van der Waals surface area contributed by atoms with Crippen molar-refractivity contribution in [1.29, 1.82) is 0 Å². The highest BCUT2D eigenvalue weighted by atomic mass is 19.3. The molecule has 0 aliphatic heterocycles. The fourth-order valence-corrected chi connectivity index (χ4v) is 2.00. The maximum absolute atomic E-state index is 12.5. The molecule has 1 aromatic rings. The van der Waals surface area contributed by atoms with Crippen molar-refractivity contribution in [3.63, 3.8) is 0 Å². The molecule has 0 saturated carbocycles. The molecule has 1 atom stereocenters. The van der Waals surface area contributed by atoms with E-state index in [9.17, 15) is 13.9 Å². The van der Waals surface area contributed by atoms with Crippen molar-refractivity contribution in [2.45, 2.75) is 46.3 Å². The second-order valence-electron chi connectivity index (χ2n) is 6.10. The molecule has 0 amide bonds. The van der Waals surface area contributed by atoms with Gasteiger partial charge in [0.1, 0.15) is 0 Å². The van der Waals surface area contributed by atoms with Crippen LogP contribution in [0.5, 0.6) is 0 Å². The van der Waals surface area contributed by atoms with Crippen LogP contribution < -0.4 is 5.32 Å². The predicted octanol–water partition coefficient (Wildman–Crippen LogP) is 3.51. The lowest BCUT2D eigenvalue weighted by atomic mass is 9.89. The summed E-state index contributed by atoms with van der Waals surface area (Å²) in [6, 6.07) is 6.34. The number of hydrogen-bond donors (Lipinski definition) is 2. The Morgan fingerprint density at radius 2 is 1.95 bits per heavy atom. The van der Waals surface area contributed by atoms with Crippen molar-refractivity contribution in [3.8, 4) is 0 Å². The van der Waals surface area contributed by atoms with Crippen molar-refractivity contribution in [3.05, 3.63) is 35.4 Å². The van der Waals surface area contributed by atoms with E-state index >= 15 is 0 Å². The fraction of sp³-hybridized carbons (Fsp3) is 0.600. The third-order valence-corrected chi connectivity index (χ3v) is 2.76. The van der Waals surface area contributed by atoms with Crippen molar-refractivity contribution in [1.82, 2.24) is 5.32 Å². The number of aliphatic hydroxyl groups excluding tert-OH is 1. The number of rotatable bonds is 6. The lowest BCUT2D eigenvalue weighted by Crippen LogP contribution is -2.29. The summed E-state index contributed by atoms with van der Waals surface area (Å²) in [5, 5.41) is 12.9. The molecule has 2 N–H and O–H groups in total. The van der Waals surface area contributed by atoms with E-state index in [0.717, 1.165) is 5.56 Å². The quantitative estimate of drug-likeness (QED) is 0.830. The molecule has 108 valence electrons. The smallest absolute Gasteiger partial charge is 0.263 e. The van der Waals surface area contributed by atoms with Gasteiger partial charge in [0.2, 0.25) is 0 Å². The van der Waals surface area contributed by atoms with E-state index in [-0.39, 0.29) is 11.0 Å². The summed E-state index contributed by atoms with van der Waals surface area (Å²) in [6.07, 6.45) is -2.15. The van der Waals surface area contributed by atoms with Crippen LogP contribution in [-0.2, 0) is 6.54 Å². The second kappa shape index (κ2) is 6.96. The van der Waals surface area contributed by atoms with E-state index in [1.807, 2.05) is 0 Å². The second-order valence-corrected chi connectivity index (χ2v) is 6.10.